The van der Waals surface area contributed by atoms with Crippen molar-refractivity contribution in [1.82, 2.24) is 0 Å². The molecule has 0 aliphatic heterocycles. The zero-order valence-corrected chi connectivity index (χ0v) is 66.5. The van der Waals surface area contributed by atoms with Crippen molar-refractivity contribution in [3.8, 4) is 0 Å². The van der Waals surface area contributed by atoms with Crippen molar-refractivity contribution in [3.63, 3.8) is 0 Å². The molecule has 0 spiro atoms. The number of rotatable bonds is 76. The number of hydrogen-bond acceptors (Lipinski definition) is 8. The third-order valence-corrected chi connectivity index (χ3v) is 18.8. The summed E-state index contributed by atoms with van der Waals surface area (Å²) >= 11 is 0. The van der Waals surface area contributed by atoms with E-state index in [1.165, 1.54) is 212 Å². The number of quaternary nitrogens is 1. The van der Waals surface area contributed by atoms with Gasteiger partial charge in [-0.1, -0.05) is 378 Å². The number of ether oxygens (including phenoxy) is 2. The second kappa shape index (κ2) is 79.0. The third kappa shape index (κ3) is 82.8. The van der Waals surface area contributed by atoms with E-state index < -0.39 is 26.5 Å². The van der Waals surface area contributed by atoms with Gasteiger partial charge in [-0.2, -0.15) is 0 Å². The molecule has 0 amide bonds. The van der Waals surface area contributed by atoms with E-state index in [-0.39, 0.29) is 32.0 Å². The van der Waals surface area contributed by atoms with Gasteiger partial charge in [0.15, 0.2) is 6.10 Å². The minimum absolute atomic E-state index is 0.0332. The fourth-order valence-corrected chi connectivity index (χ4v) is 12.3. The van der Waals surface area contributed by atoms with E-state index >= 15 is 0 Å². The fourth-order valence-electron chi connectivity index (χ4n) is 11.6. The van der Waals surface area contributed by atoms with Gasteiger partial charge in [0.1, 0.15) is 19.8 Å². The van der Waals surface area contributed by atoms with Crippen LogP contribution in [0.25, 0.3) is 0 Å². The van der Waals surface area contributed by atoms with Crippen molar-refractivity contribution in [2.75, 3.05) is 47.5 Å². The predicted molar refractivity (Wildman–Crippen MR) is 434 cm³/mol. The van der Waals surface area contributed by atoms with E-state index in [0.717, 1.165) is 116 Å². The average Bonchev–Trinajstić information content (AvgIpc) is 1.30. The SMILES string of the molecule is CC/C=C\C/C=C\C/C=C\C/C=C\C/C=C\C/C=C\CCCCCCCCCCCCCCCCCCCCCCCCC(=O)OC(COC(=O)CCCCCCCCCCCCCCCCCC/C=C\C/C=C\C/C=C\C/C=C\C/C=C\C/C=C\CC)COP(=O)([O-])OCC[N+](C)(C)C. The van der Waals surface area contributed by atoms with Crippen LogP contribution in [-0.4, -0.2) is 70.0 Å². The summed E-state index contributed by atoms with van der Waals surface area (Å²) in [6.45, 7) is 4.05. The molecule has 0 aromatic heterocycles. The molecule has 0 saturated carbocycles. The lowest BCUT2D eigenvalue weighted by Crippen LogP contribution is -2.37. The number of carbonyl (C=O) groups excluding carboxylic acids is 2. The van der Waals surface area contributed by atoms with Crippen LogP contribution in [0.2, 0.25) is 0 Å². The van der Waals surface area contributed by atoms with Gasteiger partial charge in [0, 0.05) is 12.8 Å². The van der Waals surface area contributed by atoms with Gasteiger partial charge in [-0.3, -0.25) is 14.2 Å². The predicted octanol–water partition coefficient (Wildman–Crippen LogP) is 27.4. The second-order valence-corrected chi connectivity index (χ2v) is 30.1. The highest BCUT2D eigenvalue weighted by atomic mass is 31.2. The standard InChI is InChI=1S/C90H156NO8P/c1-6-8-10-12-14-16-18-20-22-24-26-28-30-32-34-36-38-40-42-43-44-45-46-47-49-51-53-55-57-59-61-63-65-67-69-71-73-75-77-79-81-83-90(93)99-88(87-98-100(94,95)97-85-84-91(3,4)5)86-96-89(92)82-80-78-76-74-72-70-68-66-64-62-60-58-56-54-52-50-48-41-39-37-35-33-31-29-27-25-23-21-19-17-15-13-11-9-7-2/h8-11,14-17,20-23,26-29,32-35,38-41,88H,6-7,12-13,18-19,24-25,30-31,36-37,42-87H2,1-5H3/b10-8-,11-9-,16-14-,17-15-,22-20-,23-21-,28-26-,29-27-,34-32-,35-33-,40-38-,41-39-. The van der Waals surface area contributed by atoms with Crippen molar-refractivity contribution in [2.24, 2.45) is 0 Å². The highest BCUT2D eigenvalue weighted by molar-refractivity contribution is 7.45. The highest BCUT2D eigenvalue weighted by Gasteiger charge is 2.22. The first kappa shape index (κ1) is 95.9. The highest BCUT2D eigenvalue weighted by Crippen LogP contribution is 2.38. The fraction of sp³-hybridized carbons (Fsp3) is 0.711. The van der Waals surface area contributed by atoms with Crippen LogP contribution >= 0.6 is 7.82 Å². The molecular formula is C90H156NO8P. The van der Waals surface area contributed by atoms with Gasteiger partial charge in [-0.25, -0.2) is 0 Å². The number of nitrogens with zero attached hydrogens (tertiary/aromatic N) is 1. The summed E-state index contributed by atoms with van der Waals surface area (Å²) in [5.74, 6) is -0.822. The number of allylic oxidation sites excluding steroid dienone is 24. The molecule has 0 aromatic rings. The minimum Gasteiger partial charge on any atom is -0.756 e. The molecule has 0 bridgehead atoms. The molecule has 0 aliphatic carbocycles. The molecule has 0 radical (unpaired) electrons. The van der Waals surface area contributed by atoms with Gasteiger partial charge in [0.2, 0.25) is 0 Å². The molecule has 0 saturated heterocycles. The quantitative estimate of drug-likeness (QED) is 0.0195. The maximum absolute atomic E-state index is 12.9. The van der Waals surface area contributed by atoms with Crippen LogP contribution in [0.4, 0.5) is 0 Å². The lowest BCUT2D eigenvalue weighted by molar-refractivity contribution is -0.870. The Labute approximate surface area is 618 Å². The molecule has 0 N–H and O–H groups in total. The van der Waals surface area contributed by atoms with Gasteiger partial charge in [0.25, 0.3) is 7.82 Å². The molecule has 574 valence electrons. The van der Waals surface area contributed by atoms with Crippen LogP contribution in [0.3, 0.4) is 0 Å². The van der Waals surface area contributed by atoms with E-state index in [1.54, 1.807) is 0 Å². The zero-order chi connectivity index (χ0) is 72.5. The Kier molecular flexibility index (Phi) is 75.8. The molecule has 0 aliphatic rings. The number of unbranched alkanes of at least 4 members (excludes halogenated alkanes) is 38. The number of phosphoric ester groups is 1. The largest absolute Gasteiger partial charge is 0.756 e. The van der Waals surface area contributed by atoms with E-state index in [0.29, 0.717) is 17.4 Å². The van der Waals surface area contributed by atoms with Crippen LogP contribution in [0, 0.1) is 0 Å². The van der Waals surface area contributed by atoms with Crippen LogP contribution in [0.15, 0.2) is 146 Å². The molecule has 2 atom stereocenters. The summed E-state index contributed by atoms with van der Waals surface area (Å²) in [4.78, 5) is 38.2. The molecule has 9 nitrogen and oxygen atoms in total. The van der Waals surface area contributed by atoms with Crippen molar-refractivity contribution >= 4 is 19.8 Å². The maximum atomic E-state index is 12.9. The Bertz CT molecular complexity index is 2210. The first-order valence-electron chi connectivity index (χ1n) is 41.5. The number of likely N-dealkylation sites (N-methyl/N-ethyl adjacent to an activating group) is 1. The normalized spacial score (nSPS) is 13.8. The second-order valence-electron chi connectivity index (χ2n) is 28.7. The van der Waals surface area contributed by atoms with Gasteiger partial charge in [0.05, 0.1) is 27.7 Å². The zero-order valence-electron chi connectivity index (χ0n) is 65.6. The van der Waals surface area contributed by atoms with Crippen LogP contribution in [-0.2, 0) is 32.7 Å². The van der Waals surface area contributed by atoms with Gasteiger partial charge in [-0.05, 0) is 116 Å². The topological polar surface area (TPSA) is 111 Å². The first-order chi connectivity index (χ1) is 49.0. The van der Waals surface area contributed by atoms with Crippen LogP contribution in [0.1, 0.15) is 361 Å². The summed E-state index contributed by atoms with van der Waals surface area (Å²) in [7, 11) is 1.17. The molecule has 0 aromatic carbocycles. The van der Waals surface area contributed by atoms with Gasteiger partial charge < -0.3 is 27.9 Å². The van der Waals surface area contributed by atoms with E-state index in [1.807, 2.05) is 21.1 Å². The Hall–Kier alpha value is -4.11. The molecular weight excluding hydrogens is 1250 g/mol. The molecule has 10 heteroatoms. The summed E-state index contributed by atoms with van der Waals surface area (Å²) in [6.07, 6.45) is 117. The molecule has 100 heavy (non-hydrogen) atoms. The van der Waals surface area contributed by atoms with Crippen LogP contribution in [0.5, 0.6) is 0 Å². The van der Waals surface area contributed by atoms with E-state index in [4.69, 9.17) is 18.5 Å². The lowest BCUT2D eigenvalue weighted by Gasteiger charge is -2.28. The van der Waals surface area contributed by atoms with Gasteiger partial charge >= 0.3 is 11.9 Å². The number of phosphoric acid groups is 1. The lowest BCUT2D eigenvalue weighted by atomic mass is 10.0. The Morgan fingerprint density at radius 3 is 0.800 bits per heavy atom. The third-order valence-electron chi connectivity index (χ3n) is 17.9. The molecule has 2 unspecified atom stereocenters. The van der Waals surface area contributed by atoms with Gasteiger partial charge in [-0.15, -0.1) is 0 Å². The smallest absolute Gasteiger partial charge is 0.306 e. The van der Waals surface area contributed by atoms with E-state index in [2.05, 4.69) is 160 Å². The summed E-state index contributed by atoms with van der Waals surface area (Å²) in [6, 6.07) is 0. The summed E-state index contributed by atoms with van der Waals surface area (Å²) in [5.41, 5.74) is 0. The minimum atomic E-state index is -4.65. The van der Waals surface area contributed by atoms with E-state index in [9.17, 15) is 19.0 Å². The Morgan fingerprint density at radius 2 is 0.540 bits per heavy atom. The summed E-state index contributed by atoms with van der Waals surface area (Å²) in [5, 5.41) is 0. The Morgan fingerprint density at radius 1 is 0.310 bits per heavy atom. The number of hydrogen-bond donors (Lipinski definition) is 0. The Balaban J connectivity index is 3.94. The number of carbonyl (C=O) groups is 2. The molecule has 0 fully saturated rings. The first-order valence-corrected chi connectivity index (χ1v) is 43.0. The summed E-state index contributed by atoms with van der Waals surface area (Å²) < 4.78 is 34.5. The van der Waals surface area contributed by atoms with Crippen molar-refractivity contribution in [1.29, 1.82) is 0 Å². The van der Waals surface area contributed by atoms with Crippen molar-refractivity contribution in [2.45, 2.75) is 367 Å². The van der Waals surface area contributed by atoms with Crippen LogP contribution < -0.4 is 4.89 Å². The average molecular weight is 1410 g/mol. The molecule has 0 heterocycles. The maximum Gasteiger partial charge on any atom is 0.306 e. The monoisotopic (exact) mass is 1410 g/mol. The van der Waals surface area contributed by atoms with Crippen molar-refractivity contribution in [3.05, 3.63) is 146 Å². The van der Waals surface area contributed by atoms with Crippen molar-refractivity contribution < 1.29 is 42.1 Å². The number of esters is 2. The molecule has 0 rings (SSSR count).